The summed E-state index contributed by atoms with van der Waals surface area (Å²) in [6.45, 7) is 5.39. The maximum Gasteiger partial charge on any atom is 0.0748 e. The minimum absolute atomic E-state index is 0.184. The maximum absolute atomic E-state index is 5.68. The van der Waals surface area contributed by atoms with Crippen LogP contribution in [0.15, 0.2) is 30.3 Å². The molecule has 0 radical (unpaired) electrons. The van der Waals surface area contributed by atoms with Gasteiger partial charge in [0.15, 0.2) is 0 Å². The molecule has 0 aliphatic carbocycles. The Hall–Kier alpha value is -0.860. The first-order valence-electron chi connectivity index (χ1n) is 5.52. The number of aryl methyl sites for hydroxylation is 1. The van der Waals surface area contributed by atoms with E-state index in [1.165, 1.54) is 5.56 Å². The molecule has 0 atom stereocenters. The van der Waals surface area contributed by atoms with Crippen molar-refractivity contribution in [1.82, 2.24) is 0 Å². The average Bonchev–Trinajstić information content (AvgIpc) is 2.26. The van der Waals surface area contributed by atoms with Crippen LogP contribution in [-0.2, 0) is 11.2 Å². The summed E-state index contributed by atoms with van der Waals surface area (Å²) in [5.41, 5.74) is 6.76. The predicted molar refractivity (Wildman–Crippen MR) is 63.8 cm³/mol. The largest absolute Gasteiger partial charge is 0.374 e. The summed E-state index contributed by atoms with van der Waals surface area (Å²) in [6.07, 6.45) is 2.12. The first-order chi connectivity index (χ1) is 7.14. The number of rotatable bonds is 6. The standard InChI is InChI=1S/C13H21NO/c1-13(2,11-14)15-10-6-9-12-7-4-3-5-8-12/h3-5,7-8H,6,9-11,14H2,1-2H3. The van der Waals surface area contributed by atoms with E-state index in [9.17, 15) is 0 Å². The summed E-state index contributed by atoms with van der Waals surface area (Å²) < 4.78 is 5.68. The van der Waals surface area contributed by atoms with Crippen LogP contribution < -0.4 is 5.73 Å². The molecule has 1 rings (SSSR count). The molecule has 0 unspecified atom stereocenters. The lowest BCUT2D eigenvalue weighted by Crippen LogP contribution is -2.34. The minimum Gasteiger partial charge on any atom is -0.374 e. The molecule has 0 aliphatic heterocycles. The molecule has 0 aromatic heterocycles. The second-order valence-electron chi connectivity index (χ2n) is 4.40. The highest BCUT2D eigenvalue weighted by molar-refractivity contribution is 5.14. The van der Waals surface area contributed by atoms with Crippen LogP contribution in [0.2, 0.25) is 0 Å². The van der Waals surface area contributed by atoms with Gasteiger partial charge >= 0.3 is 0 Å². The van der Waals surface area contributed by atoms with Crippen LogP contribution >= 0.6 is 0 Å². The fraction of sp³-hybridized carbons (Fsp3) is 0.538. The third kappa shape index (κ3) is 4.96. The van der Waals surface area contributed by atoms with Crippen LogP contribution in [0.25, 0.3) is 0 Å². The van der Waals surface area contributed by atoms with Crippen LogP contribution in [0.5, 0.6) is 0 Å². The Bertz CT molecular complexity index is 269. The third-order valence-electron chi connectivity index (χ3n) is 2.44. The number of ether oxygens (including phenoxy) is 1. The van der Waals surface area contributed by atoms with Crippen molar-refractivity contribution in [3.63, 3.8) is 0 Å². The highest BCUT2D eigenvalue weighted by Crippen LogP contribution is 2.08. The normalized spacial score (nSPS) is 11.7. The molecule has 0 saturated carbocycles. The molecule has 1 aromatic carbocycles. The Morgan fingerprint density at radius 3 is 2.47 bits per heavy atom. The highest BCUT2D eigenvalue weighted by atomic mass is 16.5. The van der Waals surface area contributed by atoms with Gasteiger partial charge in [0.2, 0.25) is 0 Å². The van der Waals surface area contributed by atoms with Crippen molar-refractivity contribution in [2.45, 2.75) is 32.3 Å². The van der Waals surface area contributed by atoms with E-state index in [0.717, 1.165) is 19.4 Å². The van der Waals surface area contributed by atoms with Gasteiger partial charge in [0.1, 0.15) is 0 Å². The molecule has 0 amide bonds. The molecular weight excluding hydrogens is 186 g/mol. The summed E-state index contributed by atoms with van der Waals surface area (Å²) in [7, 11) is 0. The zero-order valence-electron chi connectivity index (χ0n) is 9.70. The van der Waals surface area contributed by atoms with Gasteiger partial charge in [-0.2, -0.15) is 0 Å². The van der Waals surface area contributed by atoms with Crippen molar-refractivity contribution in [1.29, 1.82) is 0 Å². The van der Waals surface area contributed by atoms with Crippen LogP contribution in [0, 0.1) is 0 Å². The lowest BCUT2D eigenvalue weighted by molar-refractivity contribution is -0.0113. The van der Waals surface area contributed by atoms with E-state index in [1.807, 2.05) is 19.9 Å². The van der Waals surface area contributed by atoms with Gasteiger partial charge in [-0.05, 0) is 32.3 Å². The maximum atomic E-state index is 5.68. The van der Waals surface area contributed by atoms with E-state index in [0.29, 0.717) is 6.54 Å². The lowest BCUT2D eigenvalue weighted by atomic mass is 10.1. The van der Waals surface area contributed by atoms with Crippen molar-refractivity contribution in [3.05, 3.63) is 35.9 Å². The molecule has 0 fully saturated rings. The number of hydrogen-bond acceptors (Lipinski definition) is 2. The van der Waals surface area contributed by atoms with Crippen LogP contribution in [0.3, 0.4) is 0 Å². The predicted octanol–water partition coefficient (Wildman–Crippen LogP) is 2.37. The summed E-state index contributed by atoms with van der Waals surface area (Å²) in [4.78, 5) is 0. The molecule has 0 spiro atoms. The number of benzene rings is 1. The summed E-state index contributed by atoms with van der Waals surface area (Å²) >= 11 is 0. The molecule has 15 heavy (non-hydrogen) atoms. The highest BCUT2D eigenvalue weighted by Gasteiger charge is 2.14. The molecule has 0 aliphatic rings. The van der Waals surface area contributed by atoms with Gasteiger partial charge in [-0.3, -0.25) is 0 Å². The summed E-state index contributed by atoms with van der Waals surface area (Å²) in [5.74, 6) is 0. The molecule has 84 valence electrons. The molecule has 1 aromatic rings. The number of hydrogen-bond donors (Lipinski definition) is 1. The first kappa shape index (κ1) is 12.2. The van der Waals surface area contributed by atoms with Crippen molar-refractivity contribution < 1.29 is 4.74 Å². The van der Waals surface area contributed by atoms with E-state index < -0.39 is 0 Å². The topological polar surface area (TPSA) is 35.2 Å². The molecular formula is C13H21NO. The Kier molecular flexibility index (Phi) is 4.79. The van der Waals surface area contributed by atoms with E-state index in [2.05, 4.69) is 24.3 Å². The fourth-order valence-corrected chi connectivity index (χ4v) is 1.33. The van der Waals surface area contributed by atoms with E-state index >= 15 is 0 Å². The van der Waals surface area contributed by atoms with Gasteiger partial charge in [-0.1, -0.05) is 30.3 Å². The fourth-order valence-electron chi connectivity index (χ4n) is 1.33. The zero-order chi connectivity index (χ0) is 11.1. The molecule has 0 heterocycles. The second-order valence-corrected chi connectivity index (χ2v) is 4.40. The Balaban J connectivity index is 2.18. The molecule has 0 saturated heterocycles. The van der Waals surface area contributed by atoms with Crippen LogP contribution in [0.1, 0.15) is 25.8 Å². The first-order valence-corrected chi connectivity index (χ1v) is 5.52. The summed E-state index contributed by atoms with van der Waals surface area (Å²) in [5, 5.41) is 0. The van der Waals surface area contributed by atoms with E-state index in [1.54, 1.807) is 0 Å². The smallest absolute Gasteiger partial charge is 0.0748 e. The van der Waals surface area contributed by atoms with Crippen LogP contribution in [0.4, 0.5) is 0 Å². The molecule has 0 bridgehead atoms. The monoisotopic (exact) mass is 207 g/mol. The molecule has 2 nitrogen and oxygen atoms in total. The summed E-state index contributed by atoms with van der Waals surface area (Å²) in [6, 6.07) is 10.5. The number of nitrogens with two attached hydrogens (primary N) is 1. The van der Waals surface area contributed by atoms with Crippen molar-refractivity contribution >= 4 is 0 Å². The van der Waals surface area contributed by atoms with Gasteiger partial charge in [0.25, 0.3) is 0 Å². The van der Waals surface area contributed by atoms with Crippen LogP contribution in [-0.4, -0.2) is 18.8 Å². The average molecular weight is 207 g/mol. The van der Waals surface area contributed by atoms with Crippen molar-refractivity contribution in [3.8, 4) is 0 Å². The van der Waals surface area contributed by atoms with E-state index in [4.69, 9.17) is 10.5 Å². The van der Waals surface area contributed by atoms with Gasteiger partial charge in [-0.25, -0.2) is 0 Å². The van der Waals surface area contributed by atoms with Gasteiger partial charge < -0.3 is 10.5 Å². The second kappa shape index (κ2) is 5.89. The molecule has 2 N–H and O–H groups in total. The molecule has 2 heteroatoms. The Labute approximate surface area is 92.4 Å². The zero-order valence-corrected chi connectivity index (χ0v) is 9.70. The Morgan fingerprint density at radius 2 is 1.87 bits per heavy atom. The minimum atomic E-state index is -0.184. The van der Waals surface area contributed by atoms with Crippen molar-refractivity contribution in [2.24, 2.45) is 5.73 Å². The third-order valence-corrected chi connectivity index (χ3v) is 2.44. The van der Waals surface area contributed by atoms with E-state index in [-0.39, 0.29) is 5.60 Å². The Morgan fingerprint density at radius 1 is 1.20 bits per heavy atom. The van der Waals surface area contributed by atoms with Gasteiger partial charge in [0.05, 0.1) is 5.60 Å². The van der Waals surface area contributed by atoms with Gasteiger partial charge in [-0.15, -0.1) is 0 Å². The van der Waals surface area contributed by atoms with Crippen molar-refractivity contribution in [2.75, 3.05) is 13.2 Å². The van der Waals surface area contributed by atoms with Gasteiger partial charge in [0, 0.05) is 13.2 Å². The lowest BCUT2D eigenvalue weighted by Gasteiger charge is -2.23. The quantitative estimate of drug-likeness (QED) is 0.727. The SMILES string of the molecule is CC(C)(CN)OCCCc1ccccc1.